The van der Waals surface area contributed by atoms with Gasteiger partial charge in [-0.2, -0.15) is 0 Å². The van der Waals surface area contributed by atoms with Gasteiger partial charge >= 0.3 is 0 Å². The zero-order valence-corrected chi connectivity index (χ0v) is 19.9. The average Bonchev–Trinajstić information content (AvgIpc) is 3.20. The van der Waals surface area contributed by atoms with E-state index in [1.165, 1.54) is 0 Å². The molecule has 4 rings (SSSR count). The highest BCUT2D eigenvalue weighted by Gasteiger charge is 2.34. The minimum atomic E-state index is -0.270. The first kappa shape index (κ1) is 23.0. The van der Waals surface area contributed by atoms with Crippen LogP contribution in [0.5, 0.6) is 5.75 Å². The summed E-state index contributed by atoms with van der Waals surface area (Å²) < 4.78 is 5.51. The molecule has 33 heavy (non-hydrogen) atoms. The van der Waals surface area contributed by atoms with Gasteiger partial charge in [-0.15, -0.1) is 11.8 Å². The van der Waals surface area contributed by atoms with Gasteiger partial charge in [-0.1, -0.05) is 23.7 Å². The molecule has 170 valence electrons. The van der Waals surface area contributed by atoms with Gasteiger partial charge in [0, 0.05) is 36.2 Å². The van der Waals surface area contributed by atoms with Crippen LogP contribution in [0.2, 0.25) is 5.02 Å². The Hall–Kier alpha value is -3.16. The summed E-state index contributed by atoms with van der Waals surface area (Å²) in [5.74, 6) is 0.771. The van der Waals surface area contributed by atoms with Gasteiger partial charge in [0.2, 0.25) is 5.91 Å². The number of benzene rings is 3. The van der Waals surface area contributed by atoms with Crippen LogP contribution in [0.15, 0.2) is 72.8 Å². The molecule has 6 nitrogen and oxygen atoms in total. The maximum absolute atomic E-state index is 12.7. The van der Waals surface area contributed by atoms with E-state index in [2.05, 4.69) is 5.32 Å². The molecule has 0 aliphatic carbocycles. The Morgan fingerprint density at radius 3 is 2.55 bits per heavy atom. The van der Waals surface area contributed by atoms with E-state index in [-0.39, 0.29) is 23.8 Å². The Morgan fingerprint density at radius 2 is 1.85 bits per heavy atom. The van der Waals surface area contributed by atoms with E-state index < -0.39 is 0 Å². The number of hydrogen-bond donors (Lipinski definition) is 1. The fraction of sp³-hybridized carbons (Fsp3) is 0.200. The molecule has 0 radical (unpaired) electrons. The molecule has 0 spiro atoms. The standard InChI is InChI=1S/C25H24ClN3O3S/c1-28(2)20-8-10-21(11-9-20)29-24(31)16-33-25(29)17-4-3-5-19(14-17)27-23(30)15-32-22-12-6-18(26)7-13-22/h3-14,25H,15-16H2,1-2H3,(H,27,30)/t25-/m0/s1. The number of amides is 2. The van der Waals surface area contributed by atoms with E-state index in [1.807, 2.05) is 72.4 Å². The summed E-state index contributed by atoms with van der Waals surface area (Å²) in [4.78, 5) is 28.9. The Balaban J connectivity index is 1.45. The lowest BCUT2D eigenvalue weighted by atomic mass is 10.1. The molecule has 1 fully saturated rings. The molecule has 8 heteroatoms. The third-order valence-corrected chi connectivity index (χ3v) is 6.62. The van der Waals surface area contributed by atoms with Crippen LogP contribution in [0.3, 0.4) is 0 Å². The van der Waals surface area contributed by atoms with Gasteiger partial charge in [0.1, 0.15) is 11.1 Å². The zero-order valence-electron chi connectivity index (χ0n) is 18.3. The van der Waals surface area contributed by atoms with Crippen LogP contribution in [-0.4, -0.2) is 38.3 Å². The van der Waals surface area contributed by atoms with Gasteiger partial charge in [-0.05, 0) is 66.2 Å². The van der Waals surface area contributed by atoms with E-state index in [0.717, 1.165) is 16.9 Å². The first-order valence-corrected chi connectivity index (χ1v) is 11.8. The molecule has 1 aliphatic rings. The Labute approximate surface area is 202 Å². The van der Waals surface area contributed by atoms with Crippen LogP contribution in [0.4, 0.5) is 17.1 Å². The maximum atomic E-state index is 12.7. The molecule has 0 saturated carbocycles. The molecule has 0 unspecified atom stereocenters. The minimum absolute atomic E-state index is 0.0633. The SMILES string of the molecule is CN(C)c1ccc(N2C(=O)CS[C@H]2c2cccc(NC(=O)COc3ccc(Cl)cc3)c2)cc1. The number of halogens is 1. The van der Waals surface area contributed by atoms with Crippen LogP contribution >= 0.6 is 23.4 Å². The lowest BCUT2D eigenvalue weighted by molar-refractivity contribution is -0.118. The first-order valence-electron chi connectivity index (χ1n) is 10.4. The molecule has 1 N–H and O–H groups in total. The molecule has 0 aromatic heterocycles. The molecule has 1 heterocycles. The summed E-state index contributed by atoms with van der Waals surface area (Å²) >= 11 is 7.44. The number of hydrogen-bond acceptors (Lipinski definition) is 5. The lowest BCUT2D eigenvalue weighted by Gasteiger charge is -2.25. The second-order valence-electron chi connectivity index (χ2n) is 7.75. The summed E-state index contributed by atoms with van der Waals surface area (Å²) in [6, 6.07) is 22.3. The number of rotatable bonds is 7. The summed E-state index contributed by atoms with van der Waals surface area (Å²) in [5.41, 5.74) is 3.52. The number of nitrogens with one attached hydrogen (secondary N) is 1. The number of carbonyl (C=O) groups is 2. The predicted octanol–water partition coefficient (Wildman–Crippen LogP) is 5.20. The van der Waals surface area contributed by atoms with Crippen LogP contribution < -0.4 is 19.9 Å². The molecular weight excluding hydrogens is 458 g/mol. The van der Waals surface area contributed by atoms with Gasteiger partial charge in [0.05, 0.1) is 5.75 Å². The van der Waals surface area contributed by atoms with Crippen molar-refractivity contribution in [1.29, 1.82) is 0 Å². The molecule has 2 amide bonds. The average molecular weight is 482 g/mol. The molecular formula is C25H24ClN3O3S. The van der Waals surface area contributed by atoms with Gasteiger partial charge in [0.15, 0.2) is 6.61 Å². The zero-order chi connectivity index (χ0) is 23.4. The van der Waals surface area contributed by atoms with Crippen LogP contribution in [0.25, 0.3) is 0 Å². The van der Waals surface area contributed by atoms with E-state index in [4.69, 9.17) is 16.3 Å². The highest BCUT2D eigenvalue weighted by molar-refractivity contribution is 8.00. The maximum Gasteiger partial charge on any atom is 0.262 e. The van der Waals surface area contributed by atoms with Crippen molar-refractivity contribution in [2.24, 2.45) is 0 Å². The number of nitrogens with zero attached hydrogens (tertiary/aromatic N) is 2. The van der Waals surface area contributed by atoms with Crippen molar-refractivity contribution in [2.75, 3.05) is 41.6 Å². The monoisotopic (exact) mass is 481 g/mol. The summed E-state index contributed by atoms with van der Waals surface area (Å²) in [6.45, 7) is -0.118. The molecule has 1 saturated heterocycles. The summed E-state index contributed by atoms with van der Waals surface area (Å²) in [5, 5.41) is 3.31. The lowest BCUT2D eigenvalue weighted by Crippen LogP contribution is -2.28. The fourth-order valence-electron chi connectivity index (χ4n) is 3.51. The second kappa shape index (κ2) is 10.2. The highest BCUT2D eigenvalue weighted by atomic mass is 35.5. The van der Waals surface area contributed by atoms with Gasteiger partial charge in [-0.25, -0.2) is 0 Å². The summed E-state index contributed by atoms with van der Waals surface area (Å²) in [7, 11) is 3.96. The number of carbonyl (C=O) groups excluding carboxylic acids is 2. The molecule has 3 aromatic carbocycles. The van der Waals surface area contributed by atoms with E-state index >= 15 is 0 Å². The van der Waals surface area contributed by atoms with Crippen molar-refractivity contribution in [1.82, 2.24) is 0 Å². The number of anilines is 3. The summed E-state index contributed by atoms with van der Waals surface area (Å²) in [6.07, 6.45) is 0. The van der Waals surface area contributed by atoms with Crippen LogP contribution in [-0.2, 0) is 9.59 Å². The Bertz CT molecular complexity index is 1140. The molecule has 1 aliphatic heterocycles. The van der Waals surface area contributed by atoms with Crippen molar-refractivity contribution >= 4 is 52.2 Å². The van der Waals surface area contributed by atoms with Gasteiger partial charge < -0.3 is 15.0 Å². The van der Waals surface area contributed by atoms with Gasteiger partial charge in [0.25, 0.3) is 5.91 Å². The van der Waals surface area contributed by atoms with E-state index in [9.17, 15) is 9.59 Å². The third kappa shape index (κ3) is 5.61. The minimum Gasteiger partial charge on any atom is -0.484 e. The topological polar surface area (TPSA) is 61.9 Å². The van der Waals surface area contributed by atoms with Crippen LogP contribution in [0.1, 0.15) is 10.9 Å². The fourth-order valence-corrected chi connectivity index (χ4v) is 4.80. The highest BCUT2D eigenvalue weighted by Crippen LogP contribution is 2.42. The number of thioether (sulfide) groups is 1. The largest absolute Gasteiger partial charge is 0.484 e. The quantitative estimate of drug-likeness (QED) is 0.502. The Kier molecular flexibility index (Phi) is 7.11. The molecule has 3 aromatic rings. The first-order chi connectivity index (χ1) is 15.9. The smallest absolute Gasteiger partial charge is 0.262 e. The molecule has 0 bridgehead atoms. The normalized spacial score (nSPS) is 15.4. The van der Waals surface area contributed by atoms with E-state index in [1.54, 1.807) is 36.0 Å². The Morgan fingerprint density at radius 1 is 1.12 bits per heavy atom. The van der Waals surface area contributed by atoms with Crippen molar-refractivity contribution < 1.29 is 14.3 Å². The number of ether oxygens (including phenoxy) is 1. The second-order valence-corrected chi connectivity index (χ2v) is 9.26. The van der Waals surface area contributed by atoms with Gasteiger partial charge in [-0.3, -0.25) is 14.5 Å². The third-order valence-electron chi connectivity index (χ3n) is 5.15. The van der Waals surface area contributed by atoms with Crippen molar-refractivity contribution in [3.8, 4) is 5.75 Å². The molecule has 1 atom stereocenters. The van der Waals surface area contributed by atoms with Crippen molar-refractivity contribution in [3.63, 3.8) is 0 Å². The predicted molar refractivity (Wildman–Crippen MR) is 135 cm³/mol. The van der Waals surface area contributed by atoms with Crippen molar-refractivity contribution in [2.45, 2.75) is 5.37 Å². The van der Waals surface area contributed by atoms with Crippen LogP contribution in [0, 0.1) is 0 Å². The van der Waals surface area contributed by atoms with E-state index in [0.29, 0.717) is 22.2 Å². The van der Waals surface area contributed by atoms with Crippen molar-refractivity contribution in [3.05, 3.63) is 83.4 Å².